The van der Waals surface area contributed by atoms with Gasteiger partial charge in [-0.25, -0.2) is 15.0 Å². The second-order valence-electron chi connectivity index (χ2n) is 27.5. The first-order valence-corrected chi connectivity index (χ1v) is 29.5. The van der Waals surface area contributed by atoms with Crippen molar-refractivity contribution in [3.05, 3.63) is 229 Å². The van der Waals surface area contributed by atoms with E-state index in [0.29, 0.717) is 17.5 Å². The molecule has 2 aliphatic heterocycles. The minimum atomic E-state index is -0.169. The van der Waals surface area contributed by atoms with Crippen LogP contribution in [0, 0.1) is 0 Å². The van der Waals surface area contributed by atoms with E-state index in [2.05, 4.69) is 287 Å². The number of nitrogens with zero attached hydrogens (tertiary/aromatic N) is 5. The van der Waals surface area contributed by atoms with Gasteiger partial charge in [0.1, 0.15) is 0 Å². The highest BCUT2D eigenvalue weighted by Crippen LogP contribution is 2.51. The van der Waals surface area contributed by atoms with Gasteiger partial charge < -0.3 is 9.80 Å². The van der Waals surface area contributed by atoms with Crippen LogP contribution in [0.2, 0.25) is 0 Å². The van der Waals surface area contributed by atoms with E-state index < -0.39 is 0 Å². The van der Waals surface area contributed by atoms with Crippen LogP contribution in [0.15, 0.2) is 206 Å². The van der Waals surface area contributed by atoms with E-state index in [1.165, 1.54) is 93.1 Å². The summed E-state index contributed by atoms with van der Waals surface area (Å²) in [5, 5.41) is 9.67. The van der Waals surface area contributed by atoms with Crippen molar-refractivity contribution in [2.24, 2.45) is 0 Å². The van der Waals surface area contributed by atoms with Gasteiger partial charge in [-0.3, -0.25) is 0 Å². The lowest BCUT2D eigenvalue weighted by atomic mass is 9.33. The smallest absolute Gasteiger partial charge is 0.252 e. The summed E-state index contributed by atoms with van der Waals surface area (Å²) in [7, 11) is 0. The molecule has 0 spiro atoms. The Morgan fingerprint density at radius 3 is 0.976 bits per heavy atom. The summed E-state index contributed by atoms with van der Waals surface area (Å²) in [6.45, 7) is 28.0. The molecule has 0 saturated carbocycles. The highest BCUT2D eigenvalue weighted by Gasteiger charge is 2.46. The first-order valence-electron chi connectivity index (χ1n) is 29.5. The Balaban J connectivity index is 1.20. The molecule has 0 amide bonds. The lowest BCUT2D eigenvalue weighted by Gasteiger charge is -2.46. The summed E-state index contributed by atoms with van der Waals surface area (Å²) in [5.41, 5.74) is 17.9. The van der Waals surface area contributed by atoms with Crippen LogP contribution in [0.1, 0.15) is 105 Å². The molecule has 0 atom stereocenters. The lowest BCUT2D eigenvalue weighted by molar-refractivity contribution is 0.568. The molecule has 11 aromatic carbocycles. The molecular weight excluding hydrogens is 1010 g/mol. The van der Waals surface area contributed by atoms with Gasteiger partial charge in [-0.05, 0) is 153 Å². The molecule has 0 aliphatic carbocycles. The monoisotopic (exact) mass is 1080 g/mol. The molecule has 83 heavy (non-hydrogen) atoms. The largest absolute Gasteiger partial charge is 0.311 e. The maximum absolute atomic E-state index is 5.54. The van der Waals surface area contributed by atoms with Crippen molar-refractivity contribution in [2.75, 3.05) is 9.80 Å². The average Bonchev–Trinajstić information content (AvgIpc) is 1.09. The van der Waals surface area contributed by atoms with Gasteiger partial charge in [0.15, 0.2) is 17.5 Å². The number of aromatic nitrogens is 3. The summed E-state index contributed by atoms with van der Waals surface area (Å²) in [6.07, 6.45) is 0. The van der Waals surface area contributed by atoms with Crippen LogP contribution < -0.4 is 26.2 Å². The molecule has 14 rings (SSSR count). The van der Waals surface area contributed by atoms with Crippen molar-refractivity contribution in [1.82, 2.24) is 15.0 Å². The van der Waals surface area contributed by atoms with Gasteiger partial charge in [0.25, 0.3) is 6.71 Å². The molecule has 3 heterocycles. The van der Waals surface area contributed by atoms with E-state index in [-0.39, 0.29) is 28.4 Å². The summed E-state index contributed by atoms with van der Waals surface area (Å²) in [4.78, 5) is 21.6. The Morgan fingerprint density at radius 1 is 0.301 bits per heavy atom. The van der Waals surface area contributed by atoms with Crippen LogP contribution in [-0.4, -0.2) is 21.7 Å². The minimum absolute atomic E-state index is 0.149. The number of rotatable bonds is 5. The highest BCUT2D eigenvalue weighted by atomic mass is 15.2. The van der Waals surface area contributed by atoms with Gasteiger partial charge in [0.2, 0.25) is 0 Å². The molecular formula is C77H70BN5. The molecule has 1 aromatic heterocycles. The van der Waals surface area contributed by atoms with Crippen molar-refractivity contribution in [3.63, 3.8) is 0 Å². The predicted octanol–water partition coefficient (Wildman–Crippen LogP) is 18.8. The fourth-order valence-electron chi connectivity index (χ4n) is 12.8. The normalized spacial score (nSPS) is 13.5. The fourth-order valence-corrected chi connectivity index (χ4v) is 12.8. The molecule has 5 nitrogen and oxygen atoms in total. The lowest BCUT2D eigenvalue weighted by Crippen LogP contribution is -2.61. The molecule has 0 radical (unpaired) electrons. The van der Waals surface area contributed by atoms with Gasteiger partial charge in [0, 0.05) is 61.6 Å². The first kappa shape index (κ1) is 52.2. The molecule has 0 bridgehead atoms. The average molecular weight is 1080 g/mol. The number of benzene rings is 11. The SMILES string of the molecule is CC(C)(C)c1cc(N2c3cc(-c4nc(-c5ccccc5)nc(-c5ccccc5)n4)cc4c3B(c3ccc5cc6ccccc6cc5c32)c2ccc3cc5ccccc5cc3c2N4c2cc(C(C)(C)C)cc(C(C)(C)C)c2)cc(C(C)(C)C)c1. The van der Waals surface area contributed by atoms with Gasteiger partial charge in [0.05, 0.1) is 0 Å². The molecule has 406 valence electrons. The van der Waals surface area contributed by atoms with E-state index in [9.17, 15) is 0 Å². The van der Waals surface area contributed by atoms with E-state index in [4.69, 9.17) is 15.0 Å². The Kier molecular flexibility index (Phi) is 11.9. The van der Waals surface area contributed by atoms with Gasteiger partial charge in [-0.1, -0.05) is 229 Å². The van der Waals surface area contributed by atoms with Crippen LogP contribution in [0.3, 0.4) is 0 Å². The third kappa shape index (κ3) is 8.97. The van der Waals surface area contributed by atoms with Gasteiger partial charge >= 0.3 is 0 Å². The molecule has 12 aromatic rings. The van der Waals surface area contributed by atoms with Gasteiger partial charge in [-0.15, -0.1) is 0 Å². The van der Waals surface area contributed by atoms with Crippen molar-refractivity contribution >= 4 is 100 Å². The van der Waals surface area contributed by atoms with Crippen molar-refractivity contribution in [3.8, 4) is 34.2 Å². The van der Waals surface area contributed by atoms with Crippen molar-refractivity contribution < 1.29 is 0 Å². The topological polar surface area (TPSA) is 45.2 Å². The predicted molar refractivity (Wildman–Crippen MR) is 355 cm³/mol. The third-order valence-corrected chi connectivity index (χ3v) is 17.5. The number of hydrogen-bond acceptors (Lipinski definition) is 5. The zero-order chi connectivity index (χ0) is 57.5. The van der Waals surface area contributed by atoms with Crippen LogP contribution in [-0.2, 0) is 21.7 Å². The molecule has 2 aliphatic rings. The summed E-state index contributed by atoms with van der Waals surface area (Å²) < 4.78 is 0. The number of hydrogen-bond donors (Lipinski definition) is 0. The third-order valence-electron chi connectivity index (χ3n) is 17.5. The minimum Gasteiger partial charge on any atom is -0.311 e. The van der Waals surface area contributed by atoms with Crippen LogP contribution >= 0.6 is 0 Å². The van der Waals surface area contributed by atoms with Crippen molar-refractivity contribution in [2.45, 2.75) is 105 Å². The molecule has 6 heteroatoms. The fraction of sp³-hybridized carbons (Fsp3) is 0.208. The standard InChI is InChI=1S/C77H70BN5/c1-74(2,3)56-41-57(75(4,5)6)44-60(43-56)82-66-39-55(73-80-71(47-23-15-13-16-24-47)79-72(81-73)48-25-17-14-18-26-48)40-67-68(66)78(64-33-31-53-35-49-27-19-21-29-51(49)37-62(53)69(64)82)65-34-32-54-36-50-28-20-22-30-52(50)38-63(54)70(65)83(67)61-45-58(76(7,8)9)42-59(46-61)77(10,11)12/h13-46H,1-12H3. The van der Waals surface area contributed by atoms with E-state index >= 15 is 0 Å². The highest BCUT2D eigenvalue weighted by molar-refractivity contribution is 7.00. The maximum Gasteiger partial charge on any atom is 0.252 e. The Morgan fingerprint density at radius 2 is 0.627 bits per heavy atom. The Bertz CT molecular complexity index is 4260. The molecule has 0 saturated heterocycles. The molecule has 0 N–H and O–H groups in total. The Hall–Kier alpha value is -8.87. The van der Waals surface area contributed by atoms with E-state index in [0.717, 1.165) is 39.4 Å². The van der Waals surface area contributed by atoms with Crippen molar-refractivity contribution in [1.29, 1.82) is 0 Å². The summed E-state index contributed by atoms with van der Waals surface area (Å²) in [6, 6.07) is 77.3. The quantitative estimate of drug-likeness (QED) is 0.127. The zero-order valence-electron chi connectivity index (χ0n) is 49.9. The first-order chi connectivity index (χ1) is 39.6. The summed E-state index contributed by atoms with van der Waals surface area (Å²) >= 11 is 0. The number of anilines is 6. The van der Waals surface area contributed by atoms with E-state index in [1.54, 1.807) is 0 Å². The second-order valence-corrected chi connectivity index (χ2v) is 27.5. The number of fused-ring (bicyclic) bond motifs is 10. The zero-order valence-corrected chi connectivity index (χ0v) is 49.9. The molecule has 0 unspecified atom stereocenters. The van der Waals surface area contributed by atoms with Gasteiger partial charge in [-0.2, -0.15) is 0 Å². The summed E-state index contributed by atoms with van der Waals surface area (Å²) in [5.74, 6) is 1.86. The Labute approximate surface area is 489 Å². The molecule has 0 fully saturated rings. The van der Waals surface area contributed by atoms with Crippen LogP contribution in [0.25, 0.3) is 77.3 Å². The maximum atomic E-state index is 5.54. The van der Waals surface area contributed by atoms with Crippen LogP contribution in [0.5, 0.6) is 0 Å². The van der Waals surface area contributed by atoms with E-state index in [1.807, 2.05) is 12.1 Å². The second kappa shape index (κ2) is 18.8. The van der Waals surface area contributed by atoms with Crippen LogP contribution in [0.4, 0.5) is 34.1 Å².